The minimum absolute atomic E-state index is 0.143. The van der Waals surface area contributed by atoms with Crippen LogP contribution in [0.2, 0.25) is 5.02 Å². The Hall–Kier alpha value is -3.26. The zero-order valence-electron chi connectivity index (χ0n) is 15.4. The minimum Gasteiger partial charge on any atom is -0.493 e. The molecule has 9 heteroatoms. The molecule has 4 rings (SSSR count). The van der Waals surface area contributed by atoms with Crippen LogP contribution in [0, 0.1) is 0 Å². The number of hydrogen-bond acceptors (Lipinski definition) is 6. The van der Waals surface area contributed by atoms with Gasteiger partial charge >= 0.3 is 0 Å². The number of fused-ring (bicyclic) bond motifs is 1. The standard InChI is InChI=1S/C19H19ClN6O2/c1-21-19-23-9-7-12(26-19)15-16(14-11(24-15)6-8-22-18(14)27)25-13-5-3-4-10(20)17(13)28-2/h3-5,7,9,24-25H,6,8H2,1-2H3,(H,22,27)(H,21,23,26). The SMILES string of the molecule is CNc1nccc(-c2[nH]c3c(c2Nc2cccc(Cl)c2OC)C(=O)NCC3)n1. The Labute approximate surface area is 166 Å². The fourth-order valence-corrected chi connectivity index (χ4v) is 3.52. The predicted octanol–water partition coefficient (Wildman–Crippen LogP) is 3.20. The van der Waals surface area contributed by atoms with Crippen molar-refractivity contribution >= 4 is 34.8 Å². The van der Waals surface area contributed by atoms with Crippen LogP contribution in [-0.2, 0) is 6.42 Å². The molecule has 1 aliphatic rings. The lowest BCUT2D eigenvalue weighted by Crippen LogP contribution is -2.31. The van der Waals surface area contributed by atoms with Crippen molar-refractivity contribution in [1.82, 2.24) is 20.3 Å². The van der Waals surface area contributed by atoms with E-state index >= 15 is 0 Å². The van der Waals surface area contributed by atoms with Gasteiger partial charge in [0.05, 0.1) is 40.5 Å². The lowest BCUT2D eigenvalue weighted by molar-refractivity contribution is 0.0947. The molecule has 28 heavy (non-hydrogen) atoms. The highest BCUT2D eigenvalue weighted by Gasteiger charge is 2.28. The third-order valence-corrected chi connectivity index (χ3v) is 4.83. The summed E-state index contributed by atoms with van der Waals surface area (Å²) in [5.74, 6) is 0.843. The molecule has 3 aromatic rings. The van der Waals surface area contributed by atoms with Crippen LogP contribution in [0.1, 0.15) is 16.1 Å². The van der Waals surface area contributed by atoms with Gasteiger partial charge in [0.25, 0.3) is 5.91 Å². The van der Waals surface area contributed by atoms with E-state index < -0.39 is 0 Å². The molecule has 8 nitrogen and oxygen atoms in total. The van der Waals surface area contributed by atoms with Crippen molar-refractivity contribution < 1.29 is 9.53 Å². The fraction of sp³-hybridized carbons (Fsp3) is 0.211. The summed E-state index contributed by atoms with van der Waals surface area (Å²) in [5.41, 5.74) is 4.04. The van der Waals surface area contributed by atoms with E-state index in [1.54, 1.807) is 32.5 Å². The third kappa shape index (κ3) is 3.11. The van der Waals surface area contributed by atoms with Gasteiger partial charge < -0.3 is 25.7 Å². The van der Waals surface area contributed by atoms with Gasteiger partial charge in [0.15, 0.2) is 5.75 Å². The summed E-state index contributed by atoms with van der Waals surface area (Å²) in [6, 6.07) is 7.19. The molecule has 0 spiro atoms. The molecule has 1 amide bonds. The molecule has 0 bridgehead atoms. The highest BCUT2D eigenvalue weighted by molar-refractivity contribution is 6.32. The summed E-state index contributed by atoms with van der Waals surface area (Å²) < 4.78 is 5.44. The molecule has 0 saturated heterocycles. The number of nitrogens with one attached hydrogen (secondary N) is 4. The number of para-hydroxylation sites is 1. The minimum atomic E-state index is -0.143. The Morgan fingerprint density at radius 1 is 1.29 bits per heavy atom. The first-order valence-corrected chi connectivity index (χ1v) is 9.14. The van der Waals surface area contributed by atoms with Gasteiger partial charge in [0, 0.05) is 31.9 Å². The molecule has 0 fully saturated rings. The first-order valence-electron chi connectivity index (χ1n) is 8.76. The summed E-state index contributed by atoms with van der Waals surface area (Å²) in [7, 11) is 3.30. The largest absolute Gasteiger partial charge is 0.493 e. The number of amides is 1. The second-order valence-corrected chi connectivity index (χ2v) is 6.60. The normalized spacial score (nSPS) is 12.9. The zero-order valence-corrected chi connectivity index (χ0v) is 16.1. The first kappa shape index (κ1) is 18.1. The number of benzene rings is 1. The molecule has 0 radical (unpaired) electrons. The summed E-state index contributed by atoms with van der Waals surface area (Å²) in [4.78, 5) is 24.6. The lowest BCUT2D eigenvalue weighted by Gasteiger charge is -2.16. The van der Waals surface area contributed by atoms with Crippen LogP contribution in [0.4, 0.5) is 17.3 Å². The highest BCUT2D eigenvalue weighted by atomic mass is 35.5. The number of aromatic amines is 1. The number of methoxy groups -OCH3 is 1. The van der Waals surface area contributed by atoms with E-state index in [2.05, 4.69) is 30.9 Å². The number of H-pyrrole nitrogens is 1. The van der Waals surface area contributed by atoms with Gasteiger partial charge in [-0.2, -0.15) is 0 Å². The maximum absolute atomic E-state index is 12.6. The molecule has 0 saturated carbocycles. The summed E-state index contributed by atoms with van der Waals surface area (Å²) in [6.07, 6.45) is 2.37. The molecule has 1 aliphatic heterocycles. The second-order valence-electron chi connectivity index (χ2n) is 6.20. The van der Waals surface area contributed by atoms with E-state index in [1.165, 1.54) is 0 Å². The Bertz CT molecular complexity index is 1050. The third-order valence-electron chi connectivity index (χ3n) is 4.53. The molecule has 0 atom stereocenters. The summed E-state index contributed by atoms with van der Waals surface area (Å²) in [6.45, 7) is 0.581. The number of carbonyl (C=O) groups is 1. The van der Waals surface area contributed by atoms with Gasteiger partial charge in [-0.15, -0.1) is 0 Å². The van der Waals surface area contributed by atoms with Crippen LogP contribution in [0.25, 0.3) is 11.4 Å². The molecule has 2 aromatic heterocycles. The fourth-order valence-electron chi connectivity index (χ4n) is 3.26. The maximum atomic E-state index is 12.6. The number of halogens is 1. The van der Waals surface area contributed by atoms with Crippen molar-refractivity contribution in [1.29, 1.82) is 0 Å². The lowest BCUT2D eigenvalue weighted by atomic mass is 10.1. The van der Waals surface area contributed by atoms with E-state index in [4.69, 9.17) is 16.3 Å². The van der Waals surface area contributed by atoms with Crippen molar-refractivity contribution in [3.05, 3.63) is 46.7 Å². The van der Waals surface area contributed by atoms with E-state index in [9.17, 15) is 4.79 Å². The van der Waals surface area contributed by atoms with Crippen LogP contribution in [0.3, 0.4) is 0 Å². The van der Waals surface area contributed by atoms with Crippen LogP contribution in [0.15, 0.2) is 30.5 Å². The monoisotopic (exact) mass is 398 g/mol. The number of ether oxygens (including phenoxy) is 1. The number of nitrogens with zero attached hydrogens (tertiary/aromatic N) is 2. The van der Waals surface area contributed by atoms with Crippen LogP contribution >= 0.6 is 11.6 Å². The van der Waals surface area contributed by atoms with Gasteiger partial charge in [-0.25, -0.2) is 9.97 Å². The van der Waals surface area contributed by atoms with E-state index in [0.29, 0.717) is 58.0 Å². The van der Waals surface area contributed by atoms with Crippen molar-refractivity contribution in [3.8, 4) is 17.1 Å². The quantitative estimate of drug-likeness (QED) is 0.526. The molecule has 3 heterocycles. The number of hydrogen-bond donors (Lipinski definition) is 4. The molecular weight excluding hydrogens is 380 g/mol. The van der Waals surface area contributed by atoms with Gasteiger partial charge in [0.2, 0.25) is 5.95 Å². The molecule has 0 aliphatic carbocycles. The molecule has 0 unspecified atom stereocenters. The number of anilines is 3. The van der Waals surface area contributed by atoms with Gasteiger partial charge in [0.1, 0.15) is 0 Å². The molecular formula is C19H19ClN6O2. The topological polar surface area (TPSA) is 104 Å². The van der Waals surface area contributed by atoms with E-state index in [1.807, 2.05) is 12.1 Å². The van der Waals surface area contributed by atoms with Crippen molar-refractivity contribution in [2.75, 3.05) is 31.3 Å². The smallest absolute Gasteiger partial charge is 0.255 e. The van der Waals surface area contributed by atoms with E-state index in [-0.39, 0.29) is 5.91 Å². The van der Waals surface area contributed by atoms with Gasteiger partial charge in [-0.05, 0) is 18.2 Å². The first-order chi connectivity index (χ1) is 13.6. The maximum Gasteiger partial charge on any atom is 0.255 e. The van der Waals surface area contributed by atoms with Crippen LogP contribution in [0.5, 0.6) is 5.75 Å². The highest BCUT2D eigenvalue weighted by Crippen LogP contribution is 2.40. The van der Waals surface area contributed by atoms with Crippen molar-refractivity contribution in [2.24, 2.45) is 0 Å². The molecule has 4 N–H and O–H groups in total. The summed E-state index contributed by atoms with van der Waals surface area (Å²) >= 11 is 6.26. The number of rotatable bonds is 5. The zero-order chi connectivity index (χ0) is 19.7. The Morgan fingerprint density at radius 3 is 2.93 bits per heavy atom. The van der Waals surface area contributed by atoms with Gasteiger partial charge in [-0.3, -0.25) is 4.79 Å². The molecule has 144 valence electrons. The average molecular weight is 399 g/mol. The van der Waals surface area contributed by atoms with Crippen LogP contribution < -0.4 is 20.7 Å². The summed E-state index contributed by atoms with van der Waals surface area (Å²) in [5, 5.41) is 9.62. The van der Waals surface area contributed by atoms with E-state index in [0.717, 1.165) is 5.69 Å². The van der Waals surface area contributed by atoms with Crippen molar-refractivity contribution in [2.45, 2.75) is 6.42 Å². The Morgan fingerprint density at radius 2 is 2.14 bits per heavy atom. The number of carbonyl (C=O) groups excluding carboxylic acids is 1. The number of aromatic nitrogens is 3. The van der Waals surface area contributed by atoms with Crippen LogP contribution in [-0.4, -0.2) is 41.6 Å². The second kappa shape index (κ2) is 7.40. The predicted molar refractivity (Wildman–Crippen MR) is 109 cm³/mol. The molecule has 1 aromatic carbocycles. The Kier molecular flexibility index (Phi) is 4.79. The average Bonchev–Trinajstić information content (AvgIpc) is 3.08. The Balaban J connectivity index is 1.89. The van der Waals surface area contributed by atoms with Gasteiger partial charge in [-0.1, -0.05) is 17.7 Å². The van der Waals surface area contributed by atoms with Crippen molar-refractivity contribution in [3.63, 3.8) is 0 Å².